The molecular weight excluding hydrogens is 273 g/mol. The minimum atomic E-state index is -0.679. The molecule has 0 aliphatic heterocycles. The Morgan fingerprint density at radius 1 is 1.43 bits per heavy atom. The second kappa shape index (κ2) is 10.3. The second-order valence-electron chi connectivity index (χ2n) is 4.69. The normalized spacial score (nSPS) is 12.3. The Balaban J connectivity index is 2.55. The largest absolute Gasteiger partial charge is 0.389 e. The summed E-state index contributed by atoms with van der Waals surface area (Å²) in [6.45, 7) is 2.20. The Bertz CT molecular complexity index is 447. The van der Waals surface area contributed by atoms with Crippen LogP contribution in [0.2, 0.25) is 0 Å². The van der Waals surface area contributed by atoms with Gasteiger partial charge in [-0.2, -0.15) is 0 Å². The van der Waals surface area contributed by atoms with E-state index in [9.17, 15) is 9.50 Å². The van der Waals surface area contributed by atoms with Gasteiger partial charge in [-0.05, 0) is 6.07 Å². The molecule has 0 saturated carbocycles. The lowest BCUT2D eigenvalue weighted by atomic mass is 10.2. The van der Waals surface area contributed by atoms with Gasteiger partial charge < -0.3 is 14.6 Å². The van der Waals surface area contributed by atoms with Crippen molar-refractivity contribution in [3.05, 3.63) is 35.6 Å². The third kappa shape index (κ3) is 7.21. The summed E-state index contributed by atoms with van der Waals surface area (Å²) < 4.78 is 23.8. The van der Waals surface area contributed by atoms with Crippen molar-refractivity contribution in [1.29, 1.82) is 0 Å². The molecule has 0 radical (unpaired) electrons. The summed E-state index contributed by atoms with van der Waals surface area (Å²) in [7, 11) is 1.60. The number of benzene rings is 1. The third-order valence-electron chi connectivity index (χ3n) is 2.93. The third-order valence-corrected chi connectivity index (χ3v) is 2.93. The summed E-state index contributed by atoms with van der Waals surface area (Å²) in [5, 5.41) is 9.92. The van der Waals surface area contributed by atoms with Gasteiger partial charge >= 0.3 is 0 Å². The molecule has 0 heterocycles. The van der Waals surface area contributed by atoms with Crippen LogP contribution in [0.15, 0.2) is 24.3 Å². The first-order valence-corrected chi connectivity index (χ1v) is 6.81. The molecule has 0 saturated heterocycles. The molecule has 0 aromatic heterocycles. The van der Waals surface area contributed by atoms with E-state index in [0.29, 0.717) is 31.8 Å². The van der Waals surface area contributed by atoms with Crippen LogP contribution in [0.25, 0.3) is 0 Å². The quantitative estimate of drug-likeness (QED) is 0.522. The molecule has 0 fully saturated rings. The molecule has 116 valence electrons. The summed E-state index contributed by atoms with van der Waals surface area (Å²) in [6, 6.07) is 6.60. The predicted molar refractivity (Wildman–Crippen MR) is 79.2 cm³/mol. The van der Waals surface area contributed by atoms with Gasteiger partial charge in [-0.3, -0.25) is 4.90 Å². The van der Waals surface area contributed by atoms with E-state index in [1.807, 2.05) is 4.90 Å². The van der Waals surface area contributed by atoms with Crippen LogP contribution in [0.3, 0.4) is 0 Å². The van der Waals surface area contributed by atoms with E-state index in [-0.39, 0.29) is 19.0 Å². The highest BCUT2D eigenvalue weighted by Gasteiger charge is 2.14. The van der Waals surface area contributed by atoms with Crippen LogP contribution >= 0.6 is 0 Å². The monoisotopic (exact) mass is 295 g/mol. The van der Waals surface area contributed by atoms with Gasteiger partial charge in [0, 0.05) is 32.3 Å². The maximum Gasteiger partial charge on any atom is 0.127 e. The van der Waals surface area contributed by atoms with Crippen LogP contribution in [-0.2, 0) is 16.0 Å². The molecule has 0 aliphatic rings. The first kappa shape index (κ1) is 17.6. The van der Waals surface area contributed by atoms with E-state index < -0.39 is 6.10 Å². The highest BCUT2D eigenvalue weighted by Crippen LogP contribution is 2.10. The van der Waals surface area contributed by atoms with E-state index in [2.05, 4.69) is 5.92 Å². The van der Waals surface area contributed by atoms with Gasteiger partial charge in [0.2, 0.25) is 0 Å². The Kier molecular flexibility index (Phi) is 8.63. The number of terminal acetylenes is 1. The molecule has 1 N–H and O–H groups in total. The zero-order valence-corrected chi connectivity index (χ0v) is 12.3. The first-order chi connectivity index (χ1) is 10.2. The topological polar surface area (TPSA) is 41.9 Å². The van der Waals surface area contributed by atoms with Crippen molar-refractivity contribution in [2.75, 3.05) is 40.0 Å². The maximum atomic E-state index is 13.7. The Labute approximate surface area is 125 Å². The summed E-state index contributed by atoms with van der Waals surface area (Å²) in [4.78, 5) is 1.92. The number of aliphatic hydroxyl groups is 1. The average molecular weight is 295 g/mol. The van der Waals surface area contributed by atoms with Crippen LogP contribution in [-0.4, -0.2) is 56.1 Å². The number of hydrogen-bond donors (Lipinski definition) is 1. The van der Waals surface area contributed by atoms with Gasteiger partial charge in [-0.15, -0.1) is 6.42 Å². The van der Waals surface area contributed by atoms with Crippen molar-refractivity contribution in [2.45, 2.75) is 12.6 Å². The van der Waals surface area contributed by atoms with Gasteiger partial charge in [0.1, 0.15) is 12.4 Å². The van der Waals surface area contributed by atoms with Crippen LogP contribution in [0.4, 0.5) is 4.39 Å². The molecular formula is C16H22FNO3. The summed E-state index contributed by atoms with van der Waals surface area (Å²) in [6.07, 6.45) is 4.40. The lowest BCUT2D eigenvalue weighted by Crippen LogP contribution is -2.36. The molecule has 0 spiro atoms. The van der Waals surface area contributed by atoms with Crippen molar-refractivity contribution in [2.24, 2.45) is 0 Å². The number of aliphatic hydroxyl groups excluding tert-OH is 1. The van der Waals surface area contributed by atoms with Crippen LogP contribution in [0, 0.1) is 18.2 Å². The zero-order valence-electron chi connectivity index (χ0n) is 12.3. The fourth-order valence-electron chi connectivity index (χ4n) is 1.93. The van der Waals surface area contributed by atoms with Gasteiger partial charge in [0.25, 0.3) is 0 Å². The number of nitrogens with zero attached hydrogens (tertiary/aromatic N) is 1. The number of rotatable bonds is 10. The zero-order chi connectivity index (χ0) is 15.5. The highest BCUT2D eigenvalue weighted by molar-refractivity contribution is 5.17. The molecule has 0 aliphatic carbocycles. The smallest absolute Gasteiger partial charge is 0.127 e. The second-order valence-corrected chi connectivity index (χ2v) is 4.69. The summed E-state index contributed by atoms with van der Waals surface area (Å²) >= 11 is 0. The summed E-state index contributed by atoms with van der Waals surface area (Å²) in [5.74, 6) is 2.09. The van der Waals surface area contributed by atoms with Gasteiger partial charge in [0.05, 0.1) is 19.3 Å². The molecule has 1 atom stereocenters. The van der Waals surface area contributed by atoms with E-state index in [4.69, 9.17) is 15.9 Å². The van der Waals surface area contributed by atoms with Gasteiger partial charge in [-0.25, -0.2) is 4.39 Å². The first-order valence-electron chi connectivity index (χ1n) is 6.81. The molecule has 1 aromatic carbocycles. The molecule has 21 heavy (non-hydrogen) atoms. The molecule has 4 nitrogen and oxygen atoms in total. The minimum Gasteiger partial charge on any atom is -0.389 e. The van der Waals surface area contributed by atoms with Crippen molar-refractivity contribution in [1.82, 2.24) is 4.90 Å². The lowest BCUT2D eigenvalue weighted by molar-refractivity contribution is 0.0205. The van der Waals surface area contributed by atoms with Crippen molar-refractivity contribution in [3.63, 3.8) is 0 Å². The van der Waals surface area contributed by atoms with E-state index in [1.54, 1.807) is 25.3 Å². The highest BCUT2D eigenvalue weighted by atomic mass is 19.1. The van der Waals surface area contributed by atoms with Crippen LogP contribution in [0.1, 0.15) is 5.56 Å². The lowest BCUT2D eigenvalue weighted by Gasteiger charge is -2.25. The number of hydrogen-bond acceptors (Lipinski definition) is 4. The molecule has 0 bridgehead atoms. The van der Waals surface area contributed by atoms with Crippen LogP contribution in [0.5, 0.6) is 0 Å². The van der Waals surface area contributed by atoms with Gasteiger partial charge in [-0.1, -0.05) is 24.1 Å². The number of methoxy groups -OCH3 is 1. The fourth-order valence-corrected chi connectivity index (χ4v) is 1.93. The number of halogens is 1. The molecule has 1 aromatic rings. The molecule has 0 amide bonds. The SMILES string of the molecule is C#CCOC[C@H](O)CN(CCOC)Cc1ccccc1F. The Hall–Kier alpha value is -1.45. The van der Waals surface area contributed by atoms with E-state index in [0.717, 1.165) is 0 Å². The van der Waals surface area contributed by atoms with Crippen molar-refractivity contribution in [3.8, 4) is 12.3 Å². The number of ether oxygens (including phenoxy) is 2. The van der Waals surface area contributed by atoms with E-state index in [1.165, 1.54) is 6.07 Å². The van der Waals surface area contributed by atoms with Crippen molar-refractivity contribution < 1.29 is 19.0 Å². The average Bonchev–Trinajstić information content (AvgIpc) is 2.47. The fraction of sp³-hybridized carbons (Fsp3) is 0.500. The Morgan fingerprint density at radius 3 is 2.86 bits per heavy atom. The van der Waals surface area contributed by atoms with Gasteiger partial charge in [0.15, 0.2) is 0 Å². The Morgan fingerprint density at radius 2 is 2.19 bits per heavy atom. The van der Waals surface area contributed by atoms with Crippen LogP contribution < -0.4 is 0 Å². The molecule has 5 heteroatoms. The standard InChI is InChI=1S/C16H22FNO3/c1-3-9-21-13-15(19)12-18(8-10-20-2)11-14-6-4-5-7-16(14)17/h1,4-7,15,19H,8-13H2,2H3/t15-/m1/s1. The minimum absolute atomic E-state index is 0.158. The van der Waals surface area contributed by atoms with E-state index >= 15 is 0 Å². The summed E-state index contributed by atoms with van der Waals surface area (Å²) in [5.41, 5.74) is 0.588. The maximum absolute atomic E-state index is 13.7. The molecule has 1 rings (SSSR count). The predicted octanol–water partition coefficient (Wildman–Crippen LogP) is 1.28. The van der Waals surface area contributed by atoms with Crippen molar-refractivity contribution >= 4 is 0 Å². The molecule has 0 unspecified atom stereocenters.